The van der Waals surface area contributed by atoms with E-state index in [9.17, 15) is 9.59 Å². The first-order valence-electron chi connectivity index (χ1n) is 7.41. The van der Waals surface area contributed by atoms with Crippen LogP contribution in [-0.4, -0.2) is 40.1 Å². The van der Waals surface area contributed by atoms with Gasteiger partial charge in [-0.05, 0) is 25.8 Å². The molecule has 6 heteroatoms. The molecule has 1 rings (SSSR count). The number of anilines is 1. The van der Waals surface area contributed by atoms with Gasteiger partial charge >= 0.3 is 12.0 Å². The zero-order chi connectivity index (χ0) is 16.0. The molecule has 0 aliphatic carbocycles. The van der Waals surface area contributed by atoms with Crippen molar-refractivity contribution in [2.24, 2.45) is 5.92 Å². The number of carboxylic acid groups (broad SMARTS) is 1. The third-order valence-electron chi connectivity index (χ3n) is 3.71. The van der Waals surface area contributed by atoms with E-state index < -0.39 is 5.97 Å². The number of carbonyl (C=O) groups is 2. The predicted molar refractivity (Wildman–Crippen MR) is 82.8 cm³/mol. The van der Waals surface area contributed by atoms with E-state index in [0.717, 1.165) is 12.8 Å². The number of carboxylic acids is 1. The van der Waals surface area contributed by atoms with E-state index in [2.05, 4.69) is 24.1 Å². The van der Waals surface area contributed by atoms with Crippen molar-refractivity contribution in [3.8, 4) is 0 Å². The number of aryl methyl sites for hydroxylation is 1. The summed E-state index contributed by atoms with van der Waals surface area (Å²) in [6.07, 6.45) is 2.04. The number of carbonyl (C=O) groups excluding carboxylic acids is 1. The van der Waals surface area contributed by atoms with Gasteiger partial charge in [0, 0.05) is 18.8 Å². The van der Waals surface area contributed by atoms with Crippen LogP contribution in [0.3, 0.4) is 0 Å². The molecular weight excluding hydrogens is 270 g/mol. The minimum Gasteiger partial charge on any atom is -0.477 e. The van der Waals surface area contributed by atoms with Crippen molar-refractivity contribution in [2.75, 3.05) is 18.4 Å². The normalized spacial score (nSPS) is 10.7. The van der Waals surface area contributed by atoms with Gasteiger partial charge < -0.3 is 20.3 Å². The molecule has 0 unspecified atom stereocenters. The number of amides is 2. The molecule has 3 N–H and O–H groups in total. The molecule has 1 heterocycles. The molecule has 0 bridgehead atoms. The van der Waals surface area contributed by atoms with Crippen molar-refractivity contribution >= 4 is 17.7 Å². The van der Waals surface area contributed by atoms with Gasteiger partial charge in [0.05, 0.1) is 5.69 Å². The molecule has 118 valence electrons. The van der Waals surface area contributed by atoms with E-state index >= 15 is 0 Å². The van der Waals surface area contributed by atoms with Crippen LogP contribution in [0.2, 0.25) is 0 Å². The molecule has 0 aliphatic heterocycles. The zero-order valence-electron chi connectivity index (χ0n) is 13.2. The fourth-order valence-electron chi connectivity index (χ4n) is 2.26. The molecule has 6 nitrogen and oxygen atoms in total. The average molecular weight is 295 g/mol. The van der Waals surface area contributed by atoms with Gasteiger partial charge in [0.1, 0.15) is 5.69 Å². The lowest BCUT2D eigenvalue weighted by molar-refractivity contribution is 0.0692. The zero-order valence-corrected chi connectivity index (χ0v) is 13.2. The summed E-state index contributed by atoms with van der Waals surface area (Å²) in [7, 11) is 0. The first kappa shape index (κ1) is 17.1. The lowest BCUT2D eigenvalue weighted by Gasteiger charge is -2.25. The number of aromatic amines is 1. The van der Waals surface area contributed by atoms with Crippen LogP contribution >= 0.6 is 0 Å². The predicted octanol–water partition coefficient (Wildman–Crippen LogP) is 3.31. The first-order chi connectivity index (χ1) is 9.92. The first-order valence-corrected chi connectivity index (χ1v) is 7.41. The molecule has 0 saturated carbocycles. The second kappa shape index (κ2) is 7.71. The van der Waals surface area contributed by atoms with Gasteiger partial charge in [-0.15, -0.1) is 0 Å². The van der Waals surface area contributed by atoms with Crippen LogP contribution in [0.5, 0.6) is 0 Å². The Hall–Kier alpha value is -1.98. The molecule has 0 fully saturated rings. The van der Waals surface area contributed by atoms with Gasteiger partial charge in [-0.25, -0.2) is 9.59 Å². The van der Waals surface area contributed by atoms with Crippen LogP contribution < -0.4 is 5.32 Å². The molecule has 0 aromatic carbocycles. The van der Waals surface area contributed by atoms with E-state index in [0.29, 0.717) is 30.4 Å². The van der Waals surface area contributed by atoms with Crippen LogP contribution in [0.1, 0.15) is 49.8 Å². The van der Waals surface area contributed by atoms with Crippen molar-refractivity contribution in [2.45, 2.75) is 40.5 Å². The number of rotatable bonds is 7. The Labute approximate surface area is 125 Å². The van der Waals surface area contributed by atoms with Crippen molar-refractivity contribution in [1.29, 1.82) is 0 Å². The fourth-order valence-corrected chi connectivity index (χ4v) is 2.26. The van der Waals surface area contributed by atoms with Gasteiger partial charge in [0.25, 0.3) is 0 Å². The van der Waals surface area contributed by atoms with E-state index in [1.54, 1.807) is 17.9 Å². The van der Waals surface area contributed by atoms with Gasteiger partial charge in [-0.2, -0.15) is 0 Å². The lowest BCUT2D eigenvalue weighted by atomic mass is 10.0. The maximum absolute atomic E-state index is 12.3. The molecule has 0 atom stereocenters. The Morgan fingerprint density at radius 1 is 1.33 bits per heavy atom. The van der Waals surface area contributed by atoms with Crippen LogP contribution in [0.15, 0.2) is 6.07 Å². The Morgan fingerprint density at radius 2 is 1.95 bits per heavy atom. The molecule has 0 radical (unpaired) electrons. The number of nitrogens with one attached hydrogen (secondary N) is 2. The van der Waals surface area contributed by atoms with Crippen molar-refractivity contribution in [3.63, 3.8) is 0 Å². The molecule has 0 aliphatic rings. The van der Waals surface area contributed by atoms with E-state index in [4.69, 9.17) is 5.11 Å². The summed E-state index contributed by atoms with van der Waals surface area (Å²) in [6, 6.07) is 1.37. The number of hydrogen-bond donors (Lipinski definition) is 3. The van der Waals surface area contributed by atoms with E-state index in [-0.39, 0.29) is 11.7 Å². The second-order valence-corrected chi connectivity index (χ2v) is 5.20. The Bertz CT molecular complexity index is 492. The molecular formula is C15H25N3O3. The maximum Gasteiger partial charge on any atom is 0.354 e. The highest BCUT2D eigenvalue weighted by atomic mass is 16.4. The van der Waals surface area contributed by atoms with Gasteiger partial charge in [-0.3, -0.25) is 0 Å². The van der Waals surface area contributed by atoms with E-state index in [1.165, 1.54) is 0 Å². The number of aromatic nitrogens is 1. The topological polar surface area (TPSA) is 85.4 Å². The minimum atomic E-state index is -1.08. The van der Waals surface area contributed by atoms with Crippen molar-refractivity contribution in [1.82, 2.24) is 9.88 Å². The largest absolute Gasteiger partial charge is 0.477 e. The van der Waals surface area contributed by atoms with Crippen molar-refractivity contribution in [3.05, 3.63) is 17.5 Å². The third-order valence-corrected chi connectivity index (χ3v) is 3.71. The Morgan fingerprint density at radius 3 is 2.43 bits per heavy atom. The Balaban J connectivity index is 2.81. The SMILES string of the molecule is CCC(CC)CN(CC)C(=O)Nc1cc(C)[nH]c1C(=O)O. The van der Waals surface area contributed by atoms with Crippen LogP contribution in [0, 0.1) is 12.8 Å². The van der Waals surface area contributed by atoms with Crippen LogP contribution in [0.4, 0.5) is 10.5 Å². The van der Waals surface area contributed by atoms with Gasteiger partial charge in [0.2, 0.25) is 0 Å². The summed E-state index contributed by atoms with van der Waals surface area (Å²) in [5.74, 6) is -0.621. The van der Waals surface area contributed by atoms with Gasteiger partial charge in [-0.1, -0.05) is 26.7 Å². The monoisotopic (exact) mass is 295 g/mol. The number of hydrogen-bond acceptors (Lipinski definition) is 2. The number of H-pyrrole nitrogens is 1. The highest BCUT2D eigenvalue weighted by Crippen LogP contribution is 2.18. The summed E-state index contributed by atoms with van der Waals surface area (Å²) in [5.41, 5.74) is 1.03. The second-order valence-electron chi connectivity index (χ2n) is 5.20. The molecule has 0 spiro atoms. The standard InChI is InChI=1S/C15H25N3O3/c1-5-11(6-2)9-18(7-3)15(21)17-12-8-10(4)16-13(12)14(19)20/h8,11,16H,5-7,9H2,1-4H3,(H,17,21)(H,19,20). The summed E-state index contributed by atoms with van der Waals surface area (Å²) in [5, 5.41) is 11.8. The quantitative estimate of drug-likeness (QED) is 0.721. The summed E-state index contributed by atoms with van der Waals surface area (Å²) in [4.78, 5) is 27.9. The number of urea groups is 1. The maximum atomic E-state index is 12.3. The molecule has 2 amide bonds. The summed E-state index contributed by atoms with van der Waals surface area (Å²) in [6.45, 7) is 9.16. The average Bonchev–Trinajstić information content (AvgIpc) is 2.81. The van der Waals surface area contributed by atoms with Crippen molar-refractivity contribution < 1.29 is 14.7 Å². The highest BCUT2D eigenvalue weighted by Gasteiger charge is 2.19. The third kappa shape index (κ3) is 4.51. The van der Waals surface area contributed by atoms with Crippen LogP contribution in [0.25, 0.3) is 0 Å². The number of aromatic carboxylic acids is 1. The molecule has 1 aromatic heterocycles. The minimum absolute atomic E-state index is 0.0134. The summed E-state index contributed by atoms with van der Waals surface area (Å²) < 4.78 is 0. The van der Waals surface area contributed by atoms with E-state index in [1.807, 2.05) is 6.92 Å². The molecule has 0 saturated heterocycles. The van der Waals surface area contributed by atoms with Crippen LogP contribution in [-0.2, 0) is 0 Å². The fraction of sp³-hybridized carbons (Fsp3) is 0.600. The summed E-state index contributed by atoms with van der Waals surface area (Å²) >= 11 is 0. The van der Waals surface area contributed by atoms with Gasteiger partial charge in [0.15, 0.2) is 0 Å². The Kier molecular flexibility index (Phi) is 6.27. The smallest absolute Gasteiger partial charge is 0.354 e. The molecule has 1 aromatic rings. The lowest BCUT2D eigenvalue weighted by Crippen LogP contribution is -2.38. The highest BCUT2D eigenvalue weighted by molar-refractivity contribution is 5.99. The number of nitrogens with zero attached hydrogens (tertiary/aromatic N) is 1. The molecule has 21 heavy (non-hydrogen) atoms.